The molecule has 0 aromatic rings. The number of aliphatic hydroxyl groups excluding tert-OH is 1. The second-order valence-electron chi connectivity index (χ2n) is 5.13. The maximum Gasteiger partial charge on any atom is 0.236 e. The zero-order valence-electron chi connectivity index (χ0n) is 10.8. The molecule has 3 unspecified atom stereocenters. The number of amides is 1. The van der Waals surface area contributed by atoms with E-state index < -0.39 is 0 Å². The van der Waals surface area contributed by atoms with Crippen LogP contribution in [0.5, 0.6) is 0 Å². The maximum absolute atomic E-state index is 11.7. The minimum Gasteiger partial charge on any atom is -0.396 e. The molecule has 4 N–H and O–H groups in total. The Kier molecular flexibility index (Phi) is 6.52. The molecule has 0 aromatic carbocycles. The fourth-order valence-corrected chi connectivity index (χ4v) is 2.60. The van der Waals surface area contributed by atoms with Gasteiger partial charge in [-0.1, -0.05) is 26.2 Å². The van der Waals surface area contributed by atoms with Crippen molar-refractivity contribution in [3.63, 3.8) is 0 Å². The molecule has 1 fully saturated rings. The van der Waals surface area contributed by atoms with Crippen LogP contribution in [0.2, 0.25) is 0 Å². The Morgan fingerprint density at radius 2 is 2.06 bits per heavy atom. The lowest BCUT2D eigenvalue weighted by molar-refractivity contribution is -0.122. The molecule has 4 nitrogen and oxygen atoms in total. The van der Waals surface area contributed by atoms with Crippen LogP contribution in [-0.2, 0) is 4.79 Å². The molecule has 0 spiro atoms. The molecule has 0 saturated heterocycles. The molecule has 0 aromatic heterocycles. The van der Waals surface area contributed by atoms with E-state index in [-0.39, 0.29) is 18.6 Å². The largest absolute Gasteiger partial charge is 0.396 e. The van der Waals surface area contributed by atoms with Crippen molar-refractivity contribution in [2.45, 2.75) is 51.5 Å². The maximum atomic E-state index is 11.7. The summed E-state index contributed by atoms with van der Waals surface area (Å²) >= 11 is 0. The Bertz CT molecular complexity index is 233. The van der Waals surface area contributed by atoms with Gasteiger partial charge in [0.2, 0.25) is 5.91 Å². The van der Waals surface area contributed by atoms with Crippen molar-refractivity contribution in [3.05, 3.63) is 0 Å². The highest BCUT2D eigenvalue weighted by Crippen LogP contribution is 2.29. The number of hydrogen-bond donors (Lipinski definition) is 3. The molecule has 100 valence electrons. The third kappa shape index (κ3) is 4.64. The van der Waals surface area contributed by atoms with E-state index in [0.717, 1.165) is 25.7 Å². The Labute approximate surface area is 104 Å². The summed E-state index contributed by atoms with van der Waals surface area (Å²) in [5, 5.41) is 12.2. The number of aliphatic hydroxyl groups is 1. The number of nitrogens with two attached hydrogens (primary N) is 1. The van der Waals surface area contributed by atoms with E-state index in [1.165, 1.54) is 12.8 Å². The first-order valence-corrected chi connectivity index (χ1v) is 6.83. The quantitative estimate of drug-likeness (QED) is 0.651. The first-order valence-electron chi connectivity index (χ1n) is 6.83. The van der Waals surface area contributed by atoms with Gasteiger partial charge in [-0.2, -0.15) is 0 Å². The van der Waals surface area contributed by atoms with Gasteiger partial charge in [0, 0.05) is 13.2 Å². The van der Waals surface area contributed by atoms with Gasteiger partial charge >= 0.3 is 0 Å². The molecule has 17 heavy (non-hydrogen) atoms. The molecule has 0 radical (unpaired) electrons. The Hall–Kier alpha value is -0.610. The van der Waals surface area contributed by atoms with Crippen LogP contribution in [0, 0.1) is 11.8 Å². The molecule has 0 aliphatic heterocycles. The lowest BCUT2D eigenvalue weighted by Gasteiger charge is -2.30. The van der Waals surface area contributed by atoms with E-state index in [1.807, 2.05) is 6.92 Å². The Balaban J connectivity index is 2.30. The molecule has 0 bridgehead atoms. The lowest BCUT2D eigenvalue weighted by atomic mass is 9.79. The van der Waals surface area contributed by atoms with Crippen molar-refractivity contribution in [2.24, 2.45) is 17.6 Å². The Morgan fingerprint density at radius 1 is 1.41 bits per heavy atom. The zero-order chi connectivity index (χ0) is 12.7. The topological polar surface area (TPSA) is 75.4 Å². The van der Waals surface area contributed by atoms with Gasteiger partial charge in [0.1, 0.15) is 0 Å². The highest BCUT2D eigenvalue weighted by molar-refractivity contribution is 5.81. The third-order valence-corrected chi connectivity index (χ3v) is 3.78. The molecule has 1 amide bonds. The van der Waals surface area contributed by atoms with Crippen molar-refractivity contribution in [1.29, 1.82) is 0 Å². The number of nitrogens with one attached hydrogen (secondary N) is 1. The number of carbonyl (C=O) groups excluding carboxylic acids is 1. The van der Waals surface area contributed by atoms with E-state index in [9.17, 15) is 9.90 Å². The molecule has 1 rings (SSSR count). The van der Waals surface area contributed by atoms with Gasteiger partial charge < -0.3 is 16.2 Å². The van der Waals surface area contributed by atoms with Crippen LogP contribution in [0.1, 0.15) is 45.4 Å². The van der Waals surface area contributed by atoms with Crippen LogP contribution in [0.3, 0.4) is 0 Å². The average molecular weight is 242 g/mol. The number of carbonyl (C=O) groups is 1. The fourth-order valence-electron chi connectivity index (χ4n) is 2.60. The summed E-state index contributed by atoms with van der Waals surface area (Å²) in [5.74, 6) is 0.729. The van der Waals surface area contributed by atoms with Gasteiger partial charge in [-0.15, -0.1) is 0 Å². The average Bonchev–Trinajstić information content (AvgIpc) is 2.36. The third-order valence-electron chi connectivity index (χ3n) is 3.78. The second-order valence-corrected chi connectivity index (χ2v) is 5.13. The molecule has 0 heterocycles. The first kappa shape index (κ1) is 14.5. The predicted molar refractivity (Wildman–Crippen MR) is 68.4 cm³/mol. The monoisotopic (exact) mass is 242 g/mol. The molecule has 1 saturated carbocycles. The van der Waals surface area contributed by atoms with Crippen molar-refractivity contribution in [1.82, 2.24) is 5.32 Å². The highest BCUT2D eigenvalue weighted by atomic mass is 16.3. The van der Waals surface area contributed by atoms with E-state index >= 15 is 0 Å². The standard InChI is InChI=1S/C13H26N2O2/c1-2-5-12(14)13(17)15-8-10-6-3-4-7-11(10)9-16/h10-12,16H,2-9,14H2,1H3,(H,15,17). The molecular weight excluding hydrogens is 216 g/mol. The van der Waals surface area contributed by atoms with Gasteiger partial charge in [0.25, 0.3) is 0 Å². The summed E-state index contributed by atoms with van der Waals surface area (Å²) in [6.07, 6.45) is 6.26. The molecular formula is C13H26N2O2. The summed E-state index contributed by atoms with van der Waals surface area (Å²) in [7, 11) is 0. The summed E-state index contributed by atoms with van der Waals surface area (Å²) < 4.78 is 0. The van der Waals surface area contributed by atoms with Gasteiger partial charge in [-0.25, -0.2) is 0 Å². The van der Waals surface area contributed by atoms with E-state index in [1.54, 1.807) is 0 Å². The number of hydrogen-bond acceptors (Lipinski definition) is 3. The van der Waals surface area contributed by atoms with Crippen LogP contribution < -0.4 is 11.1 Å². The van der Waals surface area contributed by atoms with E-state index in [2.05, 4.69) is 5.32 Å². The summed E-state index contributed by atoms with van der Waals surface area (Å²) in [6.45, 7) is 2.93. The fraction of sp³-hybridized carbons (Fsp3) is 0.923. The van der Waals surface area contributed by atoms with Crippen molar-refractivity contribution in [2.75, 3.05) is 13.2 Å². The smallest absolute Gasteiger partial charge is 0.236 e. The Morgan fingerprint density at radius 3 is 2.65 bits per heavy atom. The normalized spacial score (nSPS) is 26.5. The van der Waals surface area contributed by atoms with E-state index in [0.29, 0.717) is 18.4 Å². The molecule has 4 heteroatoms. The van der Waals surface area contributed by atoms with Crippen molar-refractivity contribution in [3.8, 4) is 0 Å². The molecule has 1 aliphatic rings. The molecule has 1 aliphatic carbocycles. The van der Waals surface area contributed by atoms with Crippen LogP contribution >= 0.6 is 0 Å². The summed E-state index contributed by atoms with van der Waals surface area (Å²) in [4.78, 5) is 11.7. The van der Waals surface area contributed by atoms with Gasteiger partial charge in [-0.05, 0) is 31.1 Å². The van der Waals surface area contributed by atoms with Gasteiger partial charge in [-0.3, -0.25) is 4.79 Å². The SMILES string of the molecule is CCCC(N)C(=O)NCC1CCCCC1CO. The van der Waals surface area contributed by atoms with Crippen LogP contribution in [0.4, 0.5) is 0 Å². The van der Waals surface area contributed by atoms with Gasteiger partial charge in [0.05, 0.1) is 6.04 Å². The van der Waals surface area contributed by atoms with Gasteiger partial charge in [0.15, 0.2) is 0 Å². The van der Waals surface area contributed by atoms with Crippen LogP contribution in [-0.4, -0.2) is 30.2 Å². The van der Waals surface area contributed by atoms with Crippen molar-refractivity contribution < 1.29 is 9.90 Å². The first-order chi connectivity index (χ1) is 8.19. The minimum atomic E-state index is -0.379. The second kappa shape index (κ2) is 7.67. The summed E-state index contributed by atoms with van der Waals surface area (Å²) in [5.41, 5.74) is 5.75. The van der Waals surface area contributed by atoms with E-state index in [4.69, 9.17) is 5.73 Å². The lowest BCUT2D eigenvalue weighted by Crippen LogP contribution is -2.44. The predicted octanol–water partition coefficient (Wildman–Crippen LogP) is 1.03. The van der Waals surface area contributed by atoms with Crippen LogP contribution in [0.25, 0.3) is 0 Å². The summed E-state index contributed by atoms with van der Waals surface area (Å²) in [6, 6.07) is -0.379. The zero-order valence-corrected chi connectivity index (χ0v) is 10.8. The highest BCUT2D eigenvalue weighted by Gasteiger charge is 2.25. The minimum absolute atomic E-state index is 0.0471. The molecule has 3 atom stereocenters. The van der Waals surface area contributed by atoms with Crippen molar-refractivity contribution >= 4 is 5.91 Å². The number of rotatable bonds is 6. The van der Waals surface area contributed by atoms with Crippen LogP contribution in [0.15, 0.2) is 0 Å².